The first-order valence-corrected chi connectivity index (χ1v) is 11.9. The van der Waals surface area contributed by atoms with Crippen LogP contribution < -0.4 is 0 Å². The van der Waals surface area contributed by atoms with Crippen LogP contribution in [0.1, 0.15) is 62.0 Å². The molecule has 0 N–H and O–H groups in total. The SMILES string of the molecule is CC(Sc1nnc(C2CCCCC2)o1)C(=O)N(Cc1ccccc1)Cc1ccccc1. The zero-order valence-electron chi connectivity index (χ0n) is 17.9. The smallest absolute Gasteiger partial charge is 0.277 e. The Balaban J connectivity index is 1.44. The number of carbonyl (C=O) groups is 1. The molecule has 1 aliphatic carbocycles. The molecule has 0 bridgehead atoms. The lowest BCUT2D eigenvalue weighted by Gasteiger charge is -2.25. The Morgan fingerprint density at radius 3 is 2.13 bits per heavy atom. The van der Waals surface area contributed by atoms with Crippen molar-refractivity contribution in [3.8, 4) is 0 Å². The molecule has 1 fully saturated rings. The summed E-state index contributed by atoms with van der Waals surface area (Å²) in [7, 11) is 0. The highest BCUT2D eigenvalue weighted by Crippen LogP contribution is 2.34. The van der Waals surface area contributed by atoms with Gasteiger partial charge in [0.05, 0.1) is 5.25 Å². The Labute approximate surface area is 188 Å². The quantitative estimate of drug-likeness (QED) is 0.417. The number of nitrogens with zero attached hydrogens (tertiary/aromatic N) is 3. The van der Waals surface area contributed by atoms with E-state index in [1.165, 1.54) is 31.0 Å². The normalized spacial score (nSPS) is 15.5. The van der Waals surface area contributed by atoms with E-state index in [4.69, 9.17) is 4.42 Å². The summed E-state index contributed by atoms with van der Waals surface area (Å²) in [6.45, 7) is 3.05. The zero-order valence-corrected chi connectivity index (χ0v) is 18.8. The van der Waals surface area contributed by atoms with E-state index in [0.717, 1.165) is 29.9 Å². The molecule has 162 valence electrons. The molecule has 1 aromatic heterocycles. The summed E-state index contributed by atoms with van der Waals surface area (Å²) in [4.78, 5) is 15.3. The van der Waals surface area contributed by atoms with Gasteiger partial charge in [0.2, 0.25) is 11.8 Å². The van der Waals surface area contributed by atoms with E-state index in [0.29, 0.717) is 24.2 Å². The van der Waals surface area contributed by atoms with Gasteiger partial charge in [-0.1, -0.05) is 91.7 Å². The second-order valence-electron chi connectivity index (χ2n) is 8.17. The van der Waals surface area contributed by atoms with Gasteiger partial charge in [-0.05, 0) is 30.9 Å². The summed E-state index contributed by atoms with van der Waals surface area (Å²) < 4.78 is 5.93. The monoisotopic (exact) mass is 435 g/mol. The van der Waals surface area contributed by atoms with E-state index >= 15 is 0 Å². The lowest BCUT2D eigenvalue weighted by molar-refractivity contribution is -0.131. The molecule has 6 heteroatoms. The molecular formula is C25H29N3O2S. The van der Waals surface area contributed by atoms with Crippen molar-refractivity contribution in [2.24, 2.45) is 0 Å². The van der Waals surface area contributed by atoms with Gasteiger partial charge in [-0.3, -0.25) is 4.79 Å². The minimum atomic E-state index is -0.313. The van der Waals surface area contributed by atoms with Crippen LogP contribution in [0.5, 0.6) is 0 Å². The van der Waals surface area contributed by atoms with Crippen molar-refractivity contribution in [1.29, 1.82) is 0 Å². The average Bonchev–Trinajstić information content (AvgIpc) is 3.28. The van der Waals surface area contributed by atoms with Gasteiger partial charge in [-0.15, -0.1) is 10.2 Å². The minimum Gasteiger partial charge on any atom is -0.416 e. The number of rotatable bonds is 8. The van der Waals surface area contributed by atoms with Crippen molar-refractivity contribution >= 4 is 17.7 Å². The second kappa shape index (κ2) is 10.6. The van der Waals surface area contributed by atoms with Gasteiger partial charge < -0.3 is 9.32 Å². The van der Waals surface area contributed by atoms with E-state index < -0.39 is 0 Å². The molecule has 1 atom stereocenters. The van der Waals surface area contributed by atoms with Gasteiger partial charge >= 0.3 is 0 Å². The first-order valence-electron chi connectivity index (χ1n) is 11.1. The third-order valence-electron chi connectivity index (χ3n) is 5.75. The molecule has 2 aromatic carbocycles. The van der Waals surface area contributed by atoms with E-state index in [-0.39, 0.29) is 11.2 Å². The third-order valence-corrected chi connectivity index (χ3v) is 6.67. The number of carbonyl (C=O) groups excluding carboxylic acids is 1. The molecule has 1 aliphatic rings. The molecule has 0 aliphatic heterocycles. The molecule has 31 heavy (non-hydrogen) atoms. The molecule has 4 rings (SSSR count). The maximum Gasteiger partial charge on any atom is 0.277 e. The summed E-state index contributed by atoms with van der Waals surface area (Å²) in [6, 6.07) is 20.2. The van der Waals surface area contributed by atoms with Gasteiger partial charge in [0.25, 0.3) is 5.22 Å². The van der Waals surface area contributed by atoms with Crippen molar-refractivity contribution < 1.29 is 9.21 Å². The van der Waals surface area contributed by atoms with Crippen LogP contribution in [0.2, 0.25) is 0 Å². The molecule has 1 heterocycles. The Morgan fingerprint density at radius 2 is 1.55 bits per heavy atom. The summed E-state index contributed by atoms with van der Waals surface area (Å²) in [6.07, 6.45) is 5.96. The van der Waals surface area contributed by atoms with Crippen molar-refractivity contribution in [3.63, 3.8) is 0 Å². The topological polar surface area (TPSA) is 59.2 Å². The standard InChI is InChI=1S/C25H29N3O2S/c1-19(31-25-27-26-23(30-25)22-15-9-4-10-16-22)24(29)28(17-20-11-5-2-6-12-20)18-21-13-7-3-8-14-21/h2-3,5-8,11-14,19,22H,4,9-10,15-18H2,1H3. The Hall–Kier alpha value is -2.60. The van der Waals surface area contributed by atoms with Gasteiger partial charge in [-0.25, -0.2) is 0 Å². The van der Waals surface area contributed by atoms with Gasteiger partial charge in [0.1, 0.15) is 0 Å². The predicted molar refractivity (Wildman–Crippen MR) is 123 cm³/mol. The highest BCUT2D eigenvalue weighted by molar-refractivity contribution is 8.00. The Bertz CT molecular complexity index is 914. The molecule has 1 amide bonds. The second-order valence-corrected chi connectivity index (χ2v) is 9.46. The number of amides is 1. The maximum absolute atomic E-state index is 13.4. The zero-order chi connectivity index (χ0) is 21.5. The van der Waals surface area contributed by atoms with Crippen molar-refractivity contribution in [2.75, 3.05) is 0 Å². The van der Waals surface area contributed by atoms with E-state index in [1.807, 2.05) is 48.2 Å². The van der Waals surface area contributed by atoms with Crippen LogP contribution in [0.25, 0.3) is 0 Å². The average molecular weight is 436 g/mol. The molecule has 3 aromatic rings. The van der Waals surface area contributed by atoms with Gasteiger partial charge in [-0.2, -0.15) is 0 Å². The number of benzene rings is 2. The minimum absolute atomic E-state index is 0.0649. The van der Waals surface area contributed by atoms with Crippen LogP contribution in [-0.2, 0) is 17.9 Å². The van der Waals surface area contributed by atoms with E-state index in [9.17, 15) is 4.79 Å². The van der Waals surface area contributed by atoms with Crippen LogP contribution in [0.4, 0.5) is 0 Å². The van der Waals surface area contributed by atoms with Gasteiger partial charge in [0, 0.05) is 19.0 Å². The van der Waals surface area contributed by atoms with Crippen LogP contribution in [-0.4, -0.2) is 26.3 Å². The van der Waals surface area contributed by atoms with Crippen LogP contribution in [0.3, 0.4) is 0 Å². The molecule has 0 saturated heterocycles. The molecule has 0 spiro atoms. The molecule has 1 unspecified atom stereocenters. The predicted octanol–water partition coefficient (Wildman–Crippen LogP) is 5.83. The number of thioether (sulfide) groups is 1. The fraction of sp³-hybridized carbons (Fsp3) is 0.400. The molecule has 0 radical (unpaired) electrons. The fourth-order valence-electron chi connectivity index (χ4n) is 4.06. The van der Waals surface area contributed by atoms with E-state index in [2.05, 4.69) is 34.5 Å². The lowest BCUT2D eigenvalue weighted by atomic mass is 9.89. The highest BCUT2D eigenvalue weighted by Gasteiger charge is 2.26. The summed E-state index contributed by atoms with van der Waals surface area (Å²) in [5.74, 6) is 1.16. The van der Waals surface area contributed by atoms with Crippen molar-refractivity contribution in [3.05, 3.63) is 77.7 Å². The fourth-order valence-corrected chi connectivity index (χ4v) is 4.83. The number of hydrogen-bond donors (Lipinski definition) is 0. The lowest BCUT2D eigenvalue weighted by Crippen LogP contribution is -2.35. The van der Waals surface area contributed by atoms with E-state index in [1.54, 1.807) is 0 Å². The van der Waals surface area contributed by atoms with Crippen molar-refractivity contribution in [2.45, 2.75) is 68.5 Å². The summed E-state index contributed by atoms with van der Waals surface area (Å²) >= 11 is 1.35. The summed E-state index contributed by atoms with van der Waals surface area (Å²) in [5, 5.41) is 8.66. The third kappa shape index (κ3) is 5.97. The Kier molecular flexibility index (Phi) is 7.41. The van der Waals surface area contributed by atoms with Crippen LogP contribution >= 0.6 is 11.8 Å². The van der Waals surface area contributed by atoms with Crippen LogP contribution in [0.15, 0.2) is 70.3 Å². The van der Waals surface area contributed by atoms with Crippen LogP contribution in [0, 0.1) is 0 Å². The number of hydrogen-bond acceptors (Lipinski definition) is 5. The van der Waals surface area contributed by atoms with Gasteiger partial charge in [0.15, 0.2) is 0 Å². The molecule has 5 nitrogen and oxygen atoms in total. The first kappa shape index (κ1) is 21.6. The molecular weight excluding hydrogens is 406 g/mol. The van der Waals surface area contributed by atoms with Crippen molar-refractivity contribution in [1.82, 2.24) is 15.1 Å². The largest absolute Gasteiger partial charge is 0.416 e. The maximum atomic E-state index is 13.4. The summed E-state index contributed by atoms with van der Waals surface area (Å²) in [5.41, 5.74) is 2.22. The Morgan fingerprint density at radius 1 is 0.968 bits per heavy atom. The first-order chi connectivity index (χ1) is 15.2. The number of aromatic nitrogens is 2. The highest BCUT2D eigenvalue weighted by atomic mass is 32.2. The molecule has 1 saturated carbocycles.